The topological polar surface area (TPSA) is 46.5 Å². The first-order chi connectivity index (χ1) is 4.75. The molecule has 1 N–H and O–H groups in total. The molecule has 1 saturated carbocycles. The van der Waals surface area contributed by atoms with Crippen LogP contribution in [0.2, 0.25) is 0 Å². The highest BCUT2D eigenvalue weighted by Gasteiger charge is 2.32. The largest absolute Gasteiger partial charge is 0.481 e. The summed E-state index contributed by atoms with van der Waals surface area (Å²) in [5.41, 5.74) is 0. The van der Waals surface area contributed by atoms with Crippen molar-refractivity contribution in [2.75, 3.05) is 7.11 Å². The number of methoxy groups -OCH3 is 1. The van der Waals surface area contributed by atoms with Gasteiger partial charge in [-0.2, -0.15) is 0 Å². The van der Waals surface area contributed by atoms with Crippen LogP contribution in [-0.2, 0) is 9.53 Å². The maximum Gasteiger partial charge on any atom is 0.309 e. The van der Waals surface area contributed by atoms with Crippen LogP contribution >= 0.6 is 12.4 Å². The molecule has 11 heavy (non-hydrogen) atoms. The van der Waals surface area contributed by atoms with E-state index in [9.17, 15) is 4.79 Å². The molecular formula is C7H13ClO3. The molecule has 0 aromatic rings. The normalized spacial score (nSPS) is 29.5. The Balaban J connectivity index is 0.000001000. The predicted molar refractivity (Wildman–Crippen MR) is 43.0 cm³/mol. The molecule has 0 amide bonds. The third-order valence-electron chi connectivity index (χ3n) is 2.07. The number of rotatable bonds is 2. The highest BCUT2D eigenvalue weighted by atomic mass is 35.5. The number of carboxylic acid groups (broad SMARTS) is 1. The van der Waals surface area contributed by atoms with Crippen molar-refractivity contribution in [1.29, 1.82) is 0 Å². The third kappa shape index (κ3) is 2.34. The highest BCUT2D eigenvalue weighted by molar-refractivity contribution is 5.85. The number of aliphatic carboxylic acids is 1. The molecule has 0 unspecified atom stereocenters. The van der Waals surface area contributed by atoms with Crippen LogP contribution in [0.3, 0.4) is 0 Å². The minimum atomic E-state index is -0.718. The molecule has 1 aliphatic carbocycles. The maximum absolute atomic E-state index is 10.5. The van der Waals surface area contributed by atoms with Gasteiger partial charge in [-0.15, -0.1) is 12.4 Å². The Morgan fingerprint density at radius 2 is 2.18 bits per heavy atom. The molecule has 66 valence electrons. The molecule has 3 nitrogen and oxygen atoms in total. The van der Waals surface area contributed by atoms with Gasteiger partial charge >= 0.3 is 5.97 Å². The van der Waals surface area contributed by atoms with Gasteiger partial charge in [0.25, 0.3) is 0 Å². The van der Waals surface area contributed by atoms with E-state index in [-0.39, 0.29) is 24.4 Å². The molecular weight excluding hydrogens is 168 g/mol. The van der Waals surface area contributed by atoms with Gasteiger partial charge in [-0.25, -0.2) is 0 Å². The van der Waals surface area contributed by atoms with E-state index in [2.05, 4.69) is 0 Å². The predicted octanol–water partition coefficient (Wildman–Crippen LogP) is 1.31. The van der Waals surface area contributed by atoms with Crippen molar-refractivity contribution in [1.82, 2.24) is 0 Å². The van der Waals surface area contributed by atoms with E-state index in [1.807, 2.05) is 0 Å². The van der Waals surface area contributed by atoms with Crippen molar-refractivity contribution in [3.8, 4) is 0 Å². The van der Waals surface area contributed by atoms with Crippen molar-refractivity contribution in [3.63, 3.8) is 0 Å². The fraction of sp³-hybridized carbons (Fsp3) is 0.857. The standard InChI is InChI=1S/C7H12O3.ClH/c1-10-6-4-2-3-5(6)7(8)9;/h5-6H,2-4H2,1H3,(H,8,9);1H/t5-,6+;/m1./s1. The number of hydrogen-bond acceptors (Lipinski definition) is 2. The summed E-state index contributed by atoms with van der Waals surface area (Å²) < 4.78 is 5.00. The first kappa shape index (κ1) is 10.7. The Kier molecular flexibility index (Phi) is 4.45. The van der Waals surface area contributed by atoms with E-state index < -0.39 is 5.97 Å². The summed E-state index contributed by atoms with van der Waals surface area (Å²) in [6, 6.07) is 0. The summed E-state index contributed by atoms with van der Waals surface area (Å²) in [7, 11) is 1.58. The van der Waals surface area contributed by atoms with Gasteiger partial charge in [0.05, 0.1) is 12.0 Å². The van der Waals surface area contributed by atoms with Crippen LogP contribution in [0.25, 0.3) is 0 Å². The lowest BCUT2D eigenvalue weighted by Crippen LogP contribution is -2.24. The molecule has 4 heteroatoms. The van der Waals surface area contributed by atoms with Gasteiger partial charge in [0.2, 0.25) is 0 Å². The lowest BCUT2D eigenvalue weighted by atomic mass is 10.1. The number of carbonyl (C=O) groups is 1. The smallest absolute Gasteiger partial charge is 0.309 e. The summed E-state index contributed by atoms with van der Waals surface area (Å²) in [6.07, 6.45) is 2.61. The summed E-state index contributed by atoms with van der Waals surface area (Å²) in [5.74, 6) is -0.977. The molecule has 0 bridgehead atoms. The molecule has 2 atom stereocenters. The fourth-order valence-electron chi connectivity index (χ4n) is 1.49. The molecule has 0 heterocycles. The second-order valence-corrected chi connectivity index (χ2v) is 2.65. The average molecular weight is 181 g/mol. The average Bonchev–Trinajstić information content (AvgIpc) is 2.33. The second-order valence-electron chi connectivity index (χ2n) is 2.65. The Bertz CT molecular complexity index is 138. The molecule has 0 spiro atoms. The van der Waals surface area contributed by atoms with Crippen molar-refractivity contribution < 1.29 is 14.6 Å². The van der Waals surface area contributed by atoms with E-state index >= 15 is 0 Å². The SMILES string of the molecule is CO[C@H]1CCC[C@H]1C(=O)O.Cl. The zero-order valence-corrected chi connectivity index (χ0v) is 7.26. The minimum Gasteiger partial charge on any atom is -0.481 e. The van der Waals surface area contributed by atoms with Crippen LogP contribution in [0, 0.1) is 5.92 Å². The Morgan fingerprint density at radius 3 is 2.55 bits per heavy atom. The quantitative estimate of drug-likeness (QED) is 0.697. The molecule has 0 aliphatic heterocycles. The van der Waals surface area contributed by atoms with Gasteiger partial charge in [0.1, 0.15) is 0 Å². The lowest BCUT2D eigenvalue weighted by Gasteiger charge is -2.12. The molecule has 0 radical (unpaired) electrons. The van der Waals surface area contributed by atoms with Crippen molar-refractivity contribution in [2.24, 2.45) is 5.92 Å². The monoisotopic (exact) mass is 180 g/mol. The van der Waals surface area contributed by atoms with Crippen LogP contribution in [0.15, 0.2) is 0 Å². The van der Waals surface area contributed by atoms with Crippen LogP contribution in [0.1, 0.15) is 19.3 Å². The van der Waals surface area contributed by atoms with Crippen molar-refractivity contribution in [3.05, 3.63) is 0 Å². The molecule has 0 aromatic carbocycles. The van der Waals surface area contributed by atoms with Gasteiger partial charge in [-0.05, 0) is 19.3 Å². The molecule has 0 aromatic heterocycles. The van der Waals surface area contributed by atoms with E-state index in [1.54, 1.807) is 7.11 Å². The number of carboxylic acids is 1. The highest BCUT2D eigenvalue weighted by Crippen LogP contribution is 2.27. The van der Waals surface area contributed by atoms with Gasteiger partial charge in [-0.3, -0.25) is 4.79 Å². The van der Waals surface area contributed by atoms with Gasteiger partial charge in [0.15, 0.2) is 0 Å². The van der Waals surface area contributed by atoms with Crippen LogP contribution in [0.4, 0.5) is 0 Å². The number of halogens is 1. The summed E-state index contributed by atoms with van der Waals surface area (Å²) in [6.45, 7) is 0. The molecule has 1 fully saturated rings. The first-order valence-electron chi connectivity index (χ1n) is 3.51. The third-order valence-corrected chi connectivity index (χ3v) is 2.07. The van der Waals surface area contributed by atoms with Crippen LogP contribution in [-0.4, -0.2) is 24.3 Å². The number of hydrogen-bond donors (Lipinski definition) is 1. The summed E-state index contributed by atoms with van der Waals surface area (Å²) in [4.78, 5) is 10.5. The van der Waals surface area contributed by atoms with E-state index in [0.29, 0.717) is 0 Å². The van der Waals surface area contributed by atoms with Gasteiger partial charge in [-0.1, -0.05) is 0 Å². The molecule has 1 aliphatic rings. The summed E-state index contributed by atoms with van der Waals surface area (Å²) >= 11 is 0. The van der Waals surface area contributed by atoms with E-state index in [4.69, 9.17) is 9.84 Å². The van der Waals surface area contributed by atoms with Crippen LogP contribution < -0.4 is 0 Å². The Labute approximate surface area is 72.1 Å². The van der Waals surface area contributed by atoms with Crippen molar-refractivity contribution in [2.45, 2.75) is 25.4 Å². The molecule has 0 saturated heterocycles. The fourth-order valence-corrected chi connectivity index (χ4v) is 1.49. The van der Waals surface area contributed by atoms with Gasteiger partial charge in [0, 0.05) is 7.11 Å². The van der Waals surface area contributed by atoms with Crippen LogP contribution in [0.5, 0.6) is 0 Å². The maximum atomic E-state index is 10.5. The number of ether oxygens (including phenoxy) is 1. The second kappa shape index (κ2) is 4.57. The molecule has 1 rings (SSSR count). The van der Waals surface area contributed by atoms with Crippen molar-refractivity contribution >= 4 is 18.4 Å². The van der Waals surface area contributed by atoms with Gasteiger partial charge < -0.3 is 9.84 Å². The first-order valence-corrected chi connectivity index (χ1v) is 3.51. The van der Waals surface area contributed by atoms with E-state index in [1.165, 1.54) is 0 Å². The Hall–Kier alpha value is -0.280. The zero-order chi connectivity index (χ0) is 7.56. The summed E-state index contributed by atoms with van der Waals surface area (Å²) in [5, 5.41) is 8.63. The lowest BCUT2D eigenvalue weighted by molar-refractivity contribution is -0.145. The zero-order valence-electron chi connectivity index (χ0n) is 6.45. The minimum absolute atomic E-state index is 0. The van der Waals surface area contributed by atoms with E-state index in [0.717, 1.165) is 19.3 Å². The Morgan fingerprint density at radius 1 is 1.55 bits per heavy atom.